The first-order chi connectivity index (χ1) is 6.58. The van der Waals surface area contributed by atoms with Crippen LogP contribution in [0, 0.1) is 0 Å². The molecule has 0 aliphatic carbocycles. The van der Waals surface area contributed by atoms with Crippen molar-refractivity contribution in [1.82, 2.24) is 20.4 Å². The second kappa shape index (κ2) is 5.07. The predicted octanol–water partition coefficient (Wildman–Crippen LogP) is 0.629. The molecule has 1 heterocycles. The highest BCUT2D eigenvalue weighted by Crippen LogP contribution is 1.99. The molecule has 80 valence electrons. The normalized spacial score (nSPS) is 11.6. The van der Waals surface area contributed by atoms with Crippen LogP contribution in [0.25, 0.3) is 0 Å². The Kier molecular flexibility index (Phi) is 4.03. The molecule has 0 saturated heterocycles. The van der Waals surface area contributed by atoms with Crippen LogP contribution in [0.1, 0.15) is 25.6 Å². The lowest BCUT2D eigenvalue weighted by molar-refractivity contribution is 0.341. The molecule has 1 aromatic rings. The largest absolute Gasteiger partial charge is 0.338 e. The van der Waals surface area contributed by atoms with Crippen molar-refractivity contribution in [2.24, 2.45) is 0 Å². The summed E-state index contributed by atoms with van der Waals surface area (Å²) in [6, 6.07) is 0.430. The third-order valence-electron chi connectivity index (χ3n) is 1.63. The molecule has 0 fully saturated rings. The van der Waals surface area contributed by atoms with Gasteiger partial charge in [-0.15, -0.1) is 0 Å². The Bertz CT molecular complexity index is 270. The van der Waals surface area contributed by atoms with Gasteiger partial charge in [-0.2, -0.15) is 4.98 Å². The Hall–Kier alpha value is -0.940. The van der Waals surface area contributed by atoms with Crippen molar-refractivity contribution >= 4 is 0 Å². The van der Waals surface area contributed by atoms with Crippen molar-refractivity contribution in [3.63, 3.8) is 0 Å². The summed E-state index contributed by atoms with van der Waals surface area (Å²) < 4.78 is 5.07. The van der Waals surface area contributed by atoms with Crippen molar-refractivity contribution in [1.29, 1.82) is 0 Å². The number of nitrogens with one attached hydrogen (secondary N) is 1. The minimum atomic E-state index is 0.430. The van der Waals surface area contributed by atoms with Gasteiger partial charge in [0.05, 0.1) is 13.1 Å². The van der Waals surface area contributed by atoms with Gasteiger partial charge in [0.15, 0.2) is 5.82 Å². The average Bonchev–Trinajstić information content (AvgIpc) is 2.47. The number of nitrogens with zero attached hydrogens (tertiary/aromatic N) is 3. The maximum atomic E-state index is 5.07. The molecule has 0 spiro atoms. The Labute approximate surface area is 84.5 Å². The number of hydrogen-bond acceptors (Lipinski definition) is 5. The van der Waals surface area contributed by atoms with Gasteiger partial charge in [0, 0.05) is 6.04 Å². The van der Waals surface area contributed by atoms with Gasteiger partial charge in [-0.1, -0.05) is 19.0 Å². The lowest BCUT2D eigenvalue weighted by atomic mass is 10.4. The third-order valence-corrected chi connectivity index (χ3v) is 1.63. The highest BCUT2D eigenvalue weighted by molar-refractivity contribution is 4.85. The maximum absolute atomic E-state index is 5.07. The fourth-order valence-corrected chi connectivity index (χ4v) is 1.00. The molecule has 0 radical (unpaired) electrons. The van der Waals surface area contributed by atoms with E-state index in [9.17, 15) is 0 Å². The smallest absolute Gasteiger partial charge is 0.240 e. The van der Waals surface area contributed by atoms with E-state index < -0.39 is 0 Å². The van der Waals surface area contributed by atoms with Crippen LogP contribution in [0.3, 0.4) is 0 Å². The molecule has 14 heavy (non-hydrogen) atoms. The molecule has 0 aliphatic heterocycles. The van der Waals surface area contributed by atoms with Crippen LogP contribution in [0.4, 0.5) is 0 Å². The van der Waals surface area contributed by atoms with Crippen LogP contribution < -0.4 is 5.32 Å². The second-order valence-corrected chi connectivity index (χ2v) is 3.88. The van der Waals surface area contributed by atoms with Crippen molar-refractivity contribution in [2.45, 2.75) is 33.0 Å². The standard InChI is InChI=1S/C9H18N4O/c1-7(2)10-5-9-11-8(12-14-9)6-13(3)4/h7,10H,5-6H2,1-4H3. The van der Waals surface area contributed by atoms with Crippen molar-refractivity contribution in [3.8, 4) is 0 Å². The Morgan fingerprint density at radius 1 is 1.43 bits per heavy atom. The zero-order valence-corrected chi connectivity index (χ0v) is 9.24. The van der Waals surface area contributed by atoms with Crippen LogP contribution in [0.5, 0.6) is 0 Å². The van der Waals surface area contributed by atoms with Crippen LogP contribution in [-0.4, -0.2) is 35.2 Å². The van der Waals surface area contributed by atoms with E-state index in [0.717, 1.165) is 5.82 Å². The SMILES string of the molecule is CC(C)NCc1nc(CN(C)C)no1. The van der Waals surface area contributed by atoms with Crippen molar-refractivity contribution in [2.75, 3.05) is 14.1 Å². The minimum Gasteiger partial charge on any atom is -0.338 e. The van der Waals surface area contributed by atoms with E-state index in [1.165, 1.54) is 0 Å². The van der Waals surface area contributed by atoms with Gasteiger partial charge in [-0.25, -0.2) is 0 Å². The van der Waals surface area contributed by atoms with E-state index in [-0.39, 0.29) is 0 Å². The van der Waals surface area contributed by atoms with E-state index in [4.69, 9.17) is 4.52 Å². The molecule has 1 aromatic heterocycles. The van der Waals surface area contributed by atoms with Gasteiger partial charge in [-0.05, 0) is 14.1 Å². The highest BCUT2D eigenvalue weighted by Gasteiger charge is 2.06. The fourth-order valence-electron chi connectivity index (χ4n) is 1.00. The summed E-state index contributed by atoms with van der Waals surface area (Å²) in [4.78, 5) is 6.24. The molecule has 0 atom stereocenters. The molecule has 5 heteroatoms. The lowest BCUT2D eigenvalue weighted by Crippen LogP contribution is -2.22. The van der Waals surface area contributed by atoms with E-state index >= 15 is 0 Å². The summed E-state index contributed by atoms with van der Waals surface area (Å²) in [7, 11) is 3.95. The van der Waals surface area contributed by atoms with Gasteiger partial charge in [0.25, 0.3) is 0 Å². The molecular formula is C9H18N4O. The van der Waals surface area contributed by atoms with Crippen LogP contribution >= 0.6 is 0 Å². The van der Waals surface area contributed by atoms with E-state index in [1.54, 1.807) is 0 Å². The van der Waals surface area contributed by atoms with E-state index in [0.29, 0.717) is 25.0 Å². The number of hydrogen-bond donors (Lipinski definition) is 1. The monoisotopic (exact) mass is 198 g/mol. The summed E-state index contributed by atoms with van der Waals surface area (Å²) in [5, 5.41) is 7.09. The van der Waals surface area contributed by atoms with Crippen LogP contribution in [-0.2, 0) is 13.1 Å². The highest BCUT2D eigenvalue weighted by atomic mass is 16.5. The maximum Gasteiger partial charge on any atom is 0.240 e. The second-order valence-electron chi connectivity index (χ2n) is 3.88. The molecule has 0 aromatic carbocycles. The average molecular weight is 198 g/mol. The number of rotatable bonds is 5. The topological polar surface area (TPSA) is 54.2 Å². The zero-order valence-electron chi connectivity index (χ0n) is 9.24. The summed E-state index contributed by atoms with van der Waals surface area (Å²) >= 11 is 0. The van der Waals surface area contributed by atoms with E-state index in [2.05, 4.69) is 29.3 Å². The van der Waals surface area contributed by atoms with Crippen LogP contribution in [0.15, 0.2) is 4.52 Å². The van der Waals surface area contributed by atoms with Gasteiger partial charge in [0.2, 0.25) is 5.89 Å². The quantitative estimate of drug-likeness (QED) is 0.752. The first-order valence-corrected chi connectivity index (χ1v) is 4.77. The van der Waals surface area contributed by atoms with Crippen molar-refractivity contribution < 1.29 is 4.52 Å². The zero-order chi connectivity index (χ0) is 10.6. The molecule has 1 rings (SSSR count). The minimum absolute atomic E-state index is 0.430. The molecule has 0 unspecified atom stereocenters. The fraction of sp³-hybridized carbons (Fsp3) is 0.778. The van der Waals surface area contributed by atoms with Crippen molar-refractivity contribution in [3.05, 3.63) is 11.7 Å². The molecule has 0 aliphatic rings. The third kappa shape index (κ3) is 3.85. The summed E-state index contributed by atoms with van der Waals surface area (Å²) in [6.07, 6.45) is 0. The molecule has 0 saturated carbocycles. The Morgan fingerprint density at radius 3 is 2.71 bits per heavy atom. The molecule has 0 bridgehead atoms. The summed E-state index contributed by atoms with van der Waals surface area (Å²) in [6.45, 7) is 5.51. The Balaban J connectivity index is 2.42. The lowest BCUT2D eigenvalue weighted by Gasteiger charge is -2.04. The molecular weight excluding hydrogens is 180 g/mol. The van der Waals surface area contributed by atoms with Gasteiger partial charge < -0.3 is 14.7 Å². The van der Waals surface area contributed by atoms with Gasteiger partial charge in [-0.3, -0.25) is 0 Å². The Morgan fingerprint density at radius 2 is 2.14 bits per heavy atom. The molecule has 0 amide bonds. The molecule has 1 N–H and O–H groups in total. The first kappa shape index (κ1) is 11.1. The first-order valence-electron chi connectivity index (χ1n) is 4.77. The summed E-state index contributed by atoms with van der Waals surface area (Å²) in [5.74, 6) is 1.38. The van der Waals surface area contributed by atoms with Crippen LogP contribution in [0.2, 0.25) is 0 Å². The van der Waals surface area contributed by atoms with E-state index in [1.807, 2.05) is 19.0 Å². The summed E-state index contributed by atoms with van der Waals surface area (Å²) in [5.41, 5.74) is 0. The van der Waals surface area contributed by atoms with Gasteiger partial charge in [0.1, 0.15) is 0 Å². The predicted molar refractivity (Wildman–Crippen MR) is 53.7 cm³/mol. The number of aromatic nitrogens is 2. The van der Waals surface area contributed by atoms with Gasteiger partial charge >= 0.3 is 0 Å². The molecule has 5 nitrogen and oxygen atoms in total.